The Hall–Kier alpha value is -1.93. The zero-order valence-electron chi connectivity index (χ0n) is 16.3. The fourth-order valence-corrected chi connectivity index (χ4v) is 5.49. The summed E-state index contributed by atoms with van der Waals surface area (Å²) in [6.45, 7) is 2.33. The third kappa shape index (κ3) is 5.21. The van der Waals surface area contributed by atoms with E-state index in [1.165, 1.54) is 34.6 Å². The van der Waals surface area contributed by atoms with Crippen LogP contribution in [-0.2, 0) is 14.8 Å². The number of sulfonamides is 1. The number of benzene rings is 2. The molecular weight excluding hydrogens is 449 g/mol. The molecule has 2 aromatic rings. The van der Waals surface area contributed by atoms with Gasteiger partial charge in [0.1, 0.15) is 4.90 Å². The summed E-state index contributed by atoms with van der Waals surface area (Å²) in [7, 11) is -3.85. The predicted octanol–water partition coefficient (Wildman–Crippen LogP) is 4.45. The first kappa shape index (κ1) is 22.7. The number of Topliss-reactive ketones (excluding diaryl/α,β-unsaturated/α-hetero) is 1. The molecule has 2 aromatic carbocycles. The molecule has 0 spiro atoms. The van der Waals surface area contributed by atoms with Crippen molar-refractivity contribution in [2.24, 2.45) is 5.92 Å². The molecule has 0 radical (unpaired) electrons. The lowest BCUT2D eigenvalue weighted by molar-refractivity contribution is 0.0474. The summed E-state index contributed by atoms with van der Waals surface area (Å²) >= 11 is 11.9. The van der Waals surface area contributed by atoms with Gasteiger partial charge in [0.05, 0.1) is 10.6 Å². The van der Waals surface area contributed by atoms with Gasteiger partial charge in [0, 0.05) is 23.7 Å². The van der Waals surface area contributed by atoms with E-state index in [-0.39, 0.29) is 21.4 Å². The summed E-state index contributed by atoms with van der Waals surface area (Å²) < 4.78 is 32.5. The van der Waals surface area contributed by atoms with E-state index in [4.69, 9.17) is 27.9 Å². The molecule has 1 fully saturated rings. The van der Waals surface area contributed by atoms with Crippen LogP contribution in [-0.4, -0.2) is 44.2 Å². The molecule has 0 saturated carbocycles. The molecular formula is C21H21Cl2NO5S. The number of nitrogens with zero attached hydrogens (tertiary/aromatic N) is 1. The van der Waals surface area contributed by atoms with E-state index in [1.807, 2.05) is 6.92 Å². The minimum absolute atomic E-state index is 0.00643. The minimum atomic E-state index is -3.85. The van der Waals surface area contributed by atoms with Gasteiger partial charge < -0.3 is 4.74 Å². The molecule has 0 aromatic heterocycles. The highest BCUT2D eigenvalue weighted by Gasteiger charge is 2.31. The second-order valence-corrected chi connectivity index (χ2v) is 10.0. The highest BCUT2D eigenvalue weighted by atomic mass is 35.5. The minimum Gasteiger partial charge on any atom is -0.454 e. The van der Waals surface area contributed by atoms with Gasteiger partial charge in [-0.3, -0.25) is 4.79 Å². The Bertz CT molecular complexity index is 1050. The molecule has 0 N–H and O–H groups in total. The summed E-state index contributed by atoms with van der Waals surface area (Å²) in [5.41, 5.74) is 0.359. The average molecular weight is 470 g/mol. The number of hydrogen-bond donors (Lipinski definition) is 0. The first-order valence-corrected chi connectivity index (χ1v) is 11.6. The normalized spacial score (nSPS) is 17.5. The van der Waals surface area contributed by atoms with Crippen LogP contribution in [0, 0.1) is 5.92 Å². The quantitative estimate of drug-likeness (QED) is 0.460. The van der Waals surface area contributed by atoms with E-state index < -0.39 is 28.4 Å². The highest BCUT2D eigenvalue weighted by molar-refractivity contribution is 7.89. The Labute approximate surface area is 185 Å². The molecule has 0 amide bonds. The Balaban J connectivity index is 1.74. The maximum Gasteiger partial charge on any atom is 0.338 e. The monoisotopic (exact) mass is 469 g/mol. The van der Waals surface area contributed by atoms with E-state index in [2.05, 4.69) is 0 Å². The van der Waals surface area contributed by atoms with Crippen LogP contribution in [0.1, 0.15) is 40.5 Å². The fraction of sp³-hybridized carbons (Fsp3) is 0.333. The van der Waals surface area contributed by atoms with Crippen LogP contribution in [0.5, 0.6) is 0 Å². The number of piperidine rings is 1. The van der Waals surface area contributed by atoms with Gasteiger partial charge in [0.2, 0.25) is 10.0 Å². The van der Waals surface area contributed by atoms with E-state index in [0.717, 1.165) is 12.8 Å². The van der Waals surface area contributed by atoms with Gasteiger partial charge in [-0.05, 0) is 61.2 Å². The molecule has 1 aliphatic rings. The third-order valence-corrected chi connectivity index (χ3v) is 7.50. The standard InChI is InChI=1S/C21H21Cl2NO5S/c1-14-3-2-10-24(12-14)30(27,28)20-11-16(6-9-18(20)23)21(26)29-13-19(25)15-4-7-17(22)8-5-15/h4-9,11,14H,2-3,10,12-13H2,1H3. The van der Waals surface area contributed by atoms with Crippen molar-refractivity contribution in [2.45, 2.75) is 24.7 Å². The van der Waals surface area contributed by atoms with Crippen molar-refractivity contribution in [1.82, 2.24) is 4.31 Å². The van der Waals surface area contributed by atoms with Crippen molar-refractivity contribution in [2.75, 3.05) is 19.7 Å². The topological polar surface area (TPSA) is 80.8 Å². The molecule has 1 aliphatic heterocycles. The van der Waals surface area contributed by atoms with Crippen LogP contribution in [0.3, 0.4) is 0 Å². The van der Waals surface area contributed by atoms with Gasteiger partial charge in [-0.15, -0.1) is 0 Å². The van der Waals surface area contributed by atoms with Crippen LogP contribution in [0.15, 0.2) is 47.4 Å². The summed E-state index contributed by atoms with van der Waals surface area (Å²) in [6, 6.07) is 10.1. The number of carbonyl (C=O) groups excluding carboxylic acids is 2. The second kappa shape index (κ2) is 9.47. The maximum absolute atomic E-state index is 13.0. The Morgan fingerprint density at radius 1 is 1.10 bits per heavy atom. The summed E-state index contributed by atoms with van der Waals surface area (Å²) in [5, 5.41) is 0.517. The fourth-order valence-electron chi connectivity index (χ4n) is 3.27. The largest absolute Gasteiger partial charge is 0.454 e. The van der Waals surface area contributed by atoms with Gasteiger partial charge in [-0.2, -0.15) is 4.31 Å². The number of halogens is 2. The number of esters is 1. The molecule has 160 valence electrons. The van der Waals surface area contributed by atoms with Gasteiger partial charge in [-0.25, -0.2) is 13.2 Å². The van der Waals surface area contributed by atoms with Crippen LogP contribution < -0.4 is 0 Å². The molecule has 0 bridgehead atoms. The molecule has 9 heteroatoms. The molecule has 1 saturated heterocycles. The number of hydrogen-bond acceptors (Lipinski definition) is 5. The van der Waals surface area contributed by atoms with Gasteiger partial charge in [0.25, 0.3) is 0 Å². The number of carbonyl (C=O) groups is 2. The van der Waals surface area contributed by atoms with Crippen molar-refractivity contribution in [1.29, 1.82) is 0 Å². The zero-order chi connectivity index (χ0) is 21.9. The van der Waals surface area contributed by atoms with E-state index in [0.29, 0.717) is 23.7 Å². The Kier molecular flexibility index (Phi) is 7.18. The van der Waals surface area contributed by atoms with Gasteiger partial charge >= 0.3 is 5.97 Å². The lowest BCUT2D eigenvalue weighted by Gasteiger charge is -2.30. The zero-order valence-corrected chi connectivity index (χ0v) is 18.6. The highest BCUT2D eigenvalue weighted by Crippen LogP contribution is 2.29. The van der Waals surface area contributed by atoms with Crippen molar-refractivity contribution in [3.8, 4) is 0 Å². The number of ether oxygens (including phenoxy) is 1. The Morgan fingerprint density at radius 2 is 1.77 bits per heavy atom. The third-order valence-electron chi connectivity index (χ3n) is 4.91. The van der Waals surface area contributed by atoms with E-state index in [1.54, 1.807) is 12.1 Å². The summed E-state index contributed by atoms with van der Waals surface area (Å²) in [4.78, 5) is 24.4. The number of ketones is 1. The van der Waals surface area contributed by atoms with Crippen molar-refractivity contribution in [3.05, 3.63) is 63.6 Å². The van der Waals surface area contributed by atoms with Gasteiger partial charge in [-0.1, -0.05) is 30.1 Å². The molecule has 3 rings (SSSR count). The molecule has 1 unspecified atom stereocenters. The smallest absolute Gasteiger partial charge is 0.338 e. The number of rotatable bonds is 6. The summed E-state index contributed by atoms with van der Waals surface area (Å²) in [6.07, 6.45) is 1.74. The second-order valence-electron chi connectivity index (χ2n) is 7.26. The molecule has 30 heavy (non-hydrogen) atoms. The molecule has 6 nitrogen and oxygen atoms in total. The van der Waals surface area contributed by atoms with E-state index >= 15 is 0 Å². The summed E-state index contributed by atoms with van der Waals surface area (Å²) in [5.74, 6) is -0.957. The Morgan fingerprint density at radius 3 is 2.43 bits per heavy atom. The molecule has 1 atom stereocenters. The van der Waals surface area contributed by atoms with Gasteiger partial charge in [0.15, 0.2) is 12.4 Å². The lowest BCUT2D eigenvalue weighted by atomic mass is 10.0. The molecule has 1 heterocycles. The maximum atomic E-state index is 13.0. The SMILES string of the molecule is CC1CCCN(S(=O)(=O)c2cc(C(=O)OCC(=O)c3ccc(Cl)cc3)ccc2Cl)C1. The van der Waals surface area contributed by atoms with E-state index in [9.17, 15) is 18.0 Å². The van der Waals surface area contributed by atoms with Crippen LogP contribution in [0.25, 0.3) is 0 Å². The first-order chi connectivity index (χ1) is 14.2. The van der Waals surface area contributed by atoms with Crippen molar-refractivity contribution >= 4 is 45.0 Å². The average Bonchev–Trinajstić information content (AvgIpc) is 2.72. The van der Waals surface area contributed by atoms with Crippen LogP contribution in [0.4, 0.5) is 0 Å². The predicted molar refractivity (Wildman–Crippen MR) is 115 cm³/mol. The lowest BCUT2D eigenvalue weighted by Crippen LogP contribution is -2.39. The van der Waals surface area contributed by atoms with Crippen molar-refractivity contribution in [3.63, 3.8) is 0 Å². The molecule has 0 aliphatic carbocycles. The van der Waals surface area contributed by atoms with Crippen LogP contribution >= 0.6 is 23.2 Å². The van der Waals surface area contributed by atoms with Crippen LogP contribution in [0.2, 0.25) is 10.0 Å². The van der Waals surface area contributed by atoms with Crippen molar-refractivity contribution < 1.29 is 22.7 Å². The first-order valence-electron chi connectivity index (χ1n) is 9.44.